The van der Waals surface area contributed by atoms with Crippen molar-refractivity contribution in [3.05, 3.63) is 34.3 Å². The fraction of sp³-hybridized carbons (Fsp3) is 0.455. The molecule has 0 aliphatic rings. The van der Waals surface area contributed by atoms with E-state index in [4.69, 9.17) is 17.3 Å². The smallest absolute Gasteiger partial charge is 0.0438 e. The first-order valence-corrected chi connectivity index (χ1v) is 5.04. The van der Waals surface area contributed by atoms with E-state index in [0.717, 1.165) is 29.0 Å². The van der Waals surface area contributed by atoms with Gasteiger partial charge in [0, 0.05) is 11.1 Å². The molecule has 0 aliphatic heterocycles. The molecule has 0 aromatic heterocycles. The zero-order chi connectivity index (χ0) is 9.84. The lowest BCUT2D eigenvalue weighted by atomic mass is 10.0. The summed E-state index contributed by atoms with van der Waals surface area (Å²) < 4.78 is 0. The first-order chi connectivity index (χ1) is 6.15. The van der Waals surface area contributed by atoms with Crippen molar-refractivity contribution < 1.29 is 0 Å². The molecule has 0 amide bonds. The molecule has 1 aromatic carbocycles. The molecule has 1 atom stereocenters. The summed E-state index contributed by atoms with van der Waals surface area (Å²) in [6.07, 6.45) is 2.12. The molecule has 3 heteroatoms. The fourth-order valence-electron chi connectivity index (χ4n) is 1.32. The van der Waals surface area contributed by atoms with Gasteiger partial charge in [0.15, 0.2) is 0 Å². The fourth-order valence-corrected chi connectivity index (χ4v) is 1.51. The van der Waals surface area contributed by atoms with Gasteiger partial charge in [0.05, 0.1) is 0 Å². The van der Waals surface area contributed by atoms with Gasteiger partial charge < -0.3 is 5.73 Å². The van der Waals surface area contributed by atoms with Gasteiger partial charge in [0.2, 0.25) is 0 Å². The van der Waals surface area contributed by atoms with E-state index in [9.17, 15) is 0 Å². The highest BCUT2D eigenvalue weighted by molar-refractivity contribution is 6.31. The van der Waals surface area contributed by atoms with E-state index in [0.29, 0.717) is 0 Å². The standard InChI is InChI=1S/C11H16ClN.ClH/c1-3-4-11(13)9-6-5-8(2)10(12)7-9;/h5-7,11H,3-4,13H2,1-2H3;1H/t11-;/m0./s1. The Morgan fingerprint density at radius 3 is 2.57 bits per heavy atom. The minimum absolute atomic E-state index is 0. The van der Waals surface area contributed by atoms with E-state index in [-0.39, 0.29) is 18.4 Å². The number of hydrogen-bond acceptors (Lipinski definition) is 1. The monoisotopic (exact) mass is 233 g/mol. The van der Waals surface area contributed by atoms with Crippen LogP contribution in [-0.4, -0.2) is 0 Å². The first kappa shape index (κ1) is 13.8. The summed E-state index contributed by atoms with van der Waals surface area (Å²) in [4.78, 5) is 0. The Hall–Kier alpha value is -0.240. The average Bonchev–Trinajstić information content (AvgIpc) is 2.10. The second-order valence-corrected chi connectivity index (χ2v) is 3.81. The highest BCUT2D eigenvalue weighted by Gasteiger charge is 2.05. The van der Waals surface area contributed by atoms with Gasteiger partial charge in [0.25, 0.3) is 0 Å². The maximum atomic E-state index is 6.00. The van der Waals surface area contributed by atoms with Gasteiger partial charge in [0.1, 0.15) is 0 Å². The minimum atomic E-state index is 0. The molecule has 1 rings (SSSR count). The van der Waals surface area contributed by atoms with Crippen molar-refractivity contribution >= 4 is 24.0 Å². The summed E-state index contributed by atoms with van der Waals surface area (Å²) in [5.74, 6) is 0. The predicted octanol–water partition coefficient (Wildman–Crippen LogP) is 3.87. The summed E-state index contributed by atoms with van der Waals surface area (Å²) in [6.45, 7) is 4.13. The van der Waals surface area contributed by atoms with Crippen molar-refractivity contribution in [3.8, 4) is 0 Å². The minimum Gasteiger partial charge on any atom is -0.324 e. The molecule has 1 nitrogen and oxygen atoms in total. The number of aryl methyl sites for hydroxylation is 1. The summed E-state index contributed by atoms with van der Waals surface area (Å²) >= 11 is 6.00. The third-order valence-corrected chi connectivity index (χ3v) is 2.63. The van der Waals surface area contributed by atoms with Gasteiger partial charge in [-0.05, 0) is 30.5 Å². The Labute approximate surface area is 97.1 Å². The van der Waals surface area contributed by atoms with E-state index in [1.807, 2.05) is 19.1 Å². The van der Waals surface area contributed by atoms with E-state index < -0.39 is 0 Å². The number of nitrogens with two attached hydrogens (primary N) is 1. The Morgan fingerprint density at radius 1 is 1.43 bits per heavy atom. The molecule has 0 bridgehead atoms. The summed E-state index contributed by atoms with van der Waals surface area (Å²) in [7, 11) is 0. The molecular weight excluding hydrogens is 217 g/mol. The van der Waals surface area contributed by atoms with Crippen LogP contribution in [0.15, 0.2) is 18.2 Å². The molecule has 0 saturated carbocycles. The van der Waals surface area contributed by atoms with Crippen molar-refractivity contribution in [1.29, 1.82) is 0 Å². The lowest BCUT2D eigenvalue weighted by Gasteiger charge is -2.11. The van der Waals surface area contributed by atoms with Gasteiger partial charge in [-0.1, -0.05) is 37.1 Å². The molecular formula is C11H17Cl2N. The van der Waals surface area contributed by atoms with Crippen molar-refractivity contribution in [2.75, 3.05) is 0 Å². The maximum absolute atomic E-state index is 6.00. The SMILES string of the molecule is CCC[C@H](N)c1ccc(C)c(Cl)c1.Cl. The van der Waals surface area contributed by atoms with Crippen LogP contribution >= 0.6 is 24.0 Å². The van der Waals surface area contributed by atoms with Gasteiger partial charge in [-0.25, -0.2) is 0 Å². The quantitative estimate of drug-likeness (QED) is 0.844. The van der Waals surface area contributed by atoms with E-state index in [1.54, 1.807) is 0 Å². The normalized spacial score (nSPS) is 12.0. The molecule has 1 aromatic rings. The van der Waals surface area contributed by atoms with Crippen molar-refractivity contribution in [2.45, 2.75) is 32.7 Å². The largest absolute Gasteiger partial charge is 0.324 e. The second-order valence-electron chi connectivity index (χ2n) is 3.40. The highest BCUT2D eigenvalue weighted by Crippen LogP contribution is 2.22. The molecule has 0 heterocycles. The van der Waals surface area contributed by atoms with Crippen LogP contribution in [0, 0.1) is 6.92 Å². The third kappa shape index (κ3) is 3.49. The van der Waals surface area contributed by atoms with Crippen LogP contribution in [0.1, 0.15) is 36.9 Å². The Morgan fingerprint density at radius 2 is 2.07 bits per heavy atom. The van der Waals surface area contributed by atoms with Crippen molar-refractivity contribution in [2.24, 2.45) is 5.73 Å². The lowest BCUT2D eigenvalue weighted by molar-refractivity contribution is 0.638. The Bertz CT molecular complexity index is 287. The van der Waals surface area contributed by atoms with Gasteiger partial charge in [-0.15, -0.1) is 12.4 Å². The van der Waals surface area contributed by atoms with E-state index in [1.165, 1.54) is 0 Å². The van der Waals surface area contributed by atoms with Crippen LogP contribution in [-0.2, 0) is 0 Å². The maximum Gasteiger partial charge on any atom is 0.0438 e. The van der Waals surface area contributed by atoms with Crippen LogP contribution in [0.5, 0.6) is 0 Å². The zero-order valence-corrected chi connectivity index (χ0v) is 10.2. The van der Waals surface area contributed by atoms with Crippen LogP contribution in [0.3, 0.4) is 0 Å². The first-order valence-electron chi connectivity index (χ1n) is 4.66. The van der Waals surface area contributed by atoms with Gasteiger partial charge in [-0.2, -0.15) is 0 Å². The van der Waals surface area contributed by atoms with Gasteiger partial charge >= 0.3 is 0 Å². The molecule has 0 spiro atoms. The summed E-state index contributed by atoms with van der Waals surface area (Å²) in [6, 6.07) is 6.18. The van der Waals surface area contributed by atoms with Crippen LogP contribution in [0.4, 0.5) is 0 Å². The average molecular weight is 234 g/mol. The van der Waals surface area contributed by atoms with Crippen LogP contribution in [0.25, 0.3) is 0 Å². The number of hydrogen-bond donors (Lipinski definition) is 1. The topological polar surface area (TPSA) is 26.0 Å². The molecule has 0 fully saturated rings. The second kappa shape index (κ2) is 6.28. The summed E-state index contributed by atoms with van der Waals surface area (Å²) in [5.41, 5.74) is 8.21. The number of halogens is 2. The number of rotatable bonds is 3. The van der Waals surface area contributed by atoms with Crippen molar-refractivity contribution in [1.82, 2.24) is 0 Å². The van der Waals surface area contributed by atoms with Crippen LogP contribution in [0.2, 0.25) is 5.02 Å². The number of benzene rings is 1. The van der Waals surface area contributed by atoms with Crippen molar-refractivity contribution in [3.63, 3.8) is 0 Å². The highest BCUT2D eigenvalue weighted by atomic mass is 35.5. The lowest BCUT2D eigenvalue weighted by Crippen LogP contribution is -2.09. The Balaban J connectivity index is 0.00000169. The Kier molecular flexibility index (Phi) is 6.17. The molecule has 0 radical (unpaired) electrons. The van der Waals surface area contributed by atoms with E-state index in [2.05, 4.69) is 13.0 Å². The van der Waals surface area contributed by atoms with Crippen LogP contribution < -0.4 is 5.73 Å². The molecule has 0 unspecified atom stereocenters. The summed E-state index contributed by atoms with van der Waals surface area (Å²) in [5, 5.41) is 0.809. The molecule has 80 valence electrons. The molecule has 0 saturated heterocycles. The molecule has 0 aliphatic carbocycles. The van der Waals surface area contributed by atoms with Gasteiger partial charge in [-0.3, -0.25) is 0 Å². The molecule has 14 heavy (non-hydrogen) atoms. The van der Waals surface area contributed by atoms with E-state index >= 15 is 0 Å². The predicted molar refractivity (Wildman–Crippen MR) is 65.3 cm³/mol. The third-order valence-electron chi connectivity index (χ3n) is 2.22. The zero-order valence-electron chi connectivity index (χ0n) is 8.59. The molecule has 2 N–H and O–H groups in total.